The van der Waals surface area contributed by atoms with Gasteiger partial charge in [0.15, 0.2) is 16.8 Å². The Labute approximate surface area is 717 Å². The van der Waals surface area contributed by atoms with Gasteiger partial charge in [-0.15, -0.1) is 0 Å². The zero-order chi connectivity index (χ0) is 84.2. The van der Waals surface area contributed by atoms with Crippen LogP contribution in [0.1, 0.15) is 191 Å². The van der Waals surface area contributed by atoms with Crippen LogP contribution in [-0.2, 0) is 75.0 Å². The van der Waals surface area contributed by atoms with E-state index in [2.05, 4.69) is 98.5 Å². The third-order valence-electron chi connectivity index (χ3n) is 24.5. The van der Waals surface area contributed by atoms with Crippen LogP contribution in [-0.4, -0.2) is 163 Å². The van der Waals surface area contributed by atoms with E-state index in [9.17, 15) is 45.9 Å². The van der Waals surface area contributed by atoms with E-state index >= 15 is 0 Å². The second-order valence-electron chi connectivity index (χ2n) is 32.3. The highest BCUT2D eigenvalue weighted by Gasteiger charge is 2.66. The third-order valence-corrected chi connectivity index (χ3v) is 25.8. The van der Waals surface area contributed by atoms with Gasteiger partial charge in [0.05, 0.1) is 83.6 Å². The standard InChI is InChI=1S/C18H22N4O.C17H18BrFN4O.C17H16ClF3N4O.C17H19ClN4O2.C16H17ClFN5O/c1-12-4-2-7-14(10-12)19-18(23)22-9-8-16-15(11-22)17(21-20-16)13-5-3-6-13;18-12-5-2-6-14(15(12)19)20-17(24)23-8-7-13-11(9-23)16(22-21-13)10-3-1-4-10;18-10-2-1-3-11(8-10)22-15(26)25-7-4-13-12(9-25)14(24-23-13)16(5-6-16)17(19,20)21;18-12-2-1-3-13(8-12)19-17(23)22-6-4-15-14(9-22)16(21-20-15)11-5-7-24-10-11;17-15-13(18)12(4-6-19-15)20-16(24)23-7-5-11-10(8-23)14(22-21-11)9-2-1-3-9/h2,4,7,10,13H,3,5-6,8-9,11H2,1H3,(H,19,23)(H,20,21);2,5-6,10H,1,3-4,7-9H2,(H,20,24)(H,21,22);1-3,8H,4-7,9H2,(H,22,26)(H,23,24);1-3,8,11H,4-7,9-10H2,(H,19,23)(H,20,21);4,6,9H,1-3,5,7-8H2,(H,21,22)(H,19,20,24). The zero-order valence-corrected chi connectivity index (χ0v) is 70.3. The number of carbonyl (C=O) groups is 5. The van der Waals surface area contributed by atoms with Crippen molar-refractivity contribution in [2.45, 2.75) is 184 Å². The molecule has 1 unspecified atom stereocenters. The maximum Gasteiger partial charge on any atom is 0.400 e. The molecule has 1 atom stereocenters. The van der Waals surface area contributed by atoms with E-state index in [0.29, 0.717) is 126 Å². The monoisotopic (exact) mass is 1780 g/mol. The number of hydrogen-bond acceptors (Lipinski definition) is 12. The van der Waals surface area contributed by atoms with Crippen molar-refractivity contribution >= 4 is 109 Å². The van der Waals surface area contributed by atoms with Gasteiger partial charge in [0.2, 0.25) is 0 Å². The minimum atomic E-state index is -4.33. The fourth-order valence-corrected chi connectivity index (χ4v) is 17.6. The van der Waals surface area contributed by atoms with Crippen molar-refractivity contribution in [3.63, 3.8) is 0 Å². The molecule has 4 aliphatic carbocycles. The lowest BCUT2D eigenvalue weighted by Gasteiger charge is -2.30. The van der Waals surface area contributed by atoms with E-state index in [1.807, 2.05) is 53.1 Å². The first-order valence-electron chi connectivity index (χ1n) is 41.0. The highest BCUT2D eigenvalue weighted by Crippen LogP contribution is 2.60. The van der Waals surface area contributed by atoms with Gasteiger partial charge in [-0.3, -0.25) is 25.5 Å². The van der Waals surface area contributed by atoms with Crippen molar-refractivity contribution in [3.8, 4) is 0 Å². The number of carbonyl (C=O) groups excluding carboxylic acids is 5. The number of H-pyrrole nitrogens is 5. The smallest absolute Gasteiger partial charge is 0.381 e. The third kappa shape index (κ3) is 18.9. The van der Waals surface area contributed by atoms with Crippen molar-refractivity contribution in [1.82, 2.24) is 80.5 Å². The average Bonchev–Trinajstić information content (AvgIpc) is 1.56. The number of anilines is 5. The van der Waals surface area contributed by atoms with E-state index in [1.54, 1.807) is 64.4 Å². The summed E-state index contributed by atoms with van der Waals surface area (Å²) < 4.78 is 74.1. The Kier molecular flexibility index (Phi) is 25.4. The van der Waals surface area contributed by atoms with Gasteiger partial charge in [-0.05, 0) is 153 Å². The van der Waals surface area contributed by atoms with Crippen LogP contribution in [0.4, 0.5) is 74.4 Å². The molecule has 0 radical (unpaired) electrons. The molecule has 10 amide bonds. The number of nitrogens with one attached hydrogen (secondary N) is 10. The van der Waals surface area contributed by atoms with Gasteiger partial charge in [0.25, 0.3) is 0 Å². The normalized spacial score (nSPS) is 18.1. The Morgan fingerprint density at radius 1 is 0.463 bits per heavy atom. The van der Waals surface area contributed by atoms with Gasteiger partial charge in [-0.1, -0.05) is 84.4 Å². The van der Waals surface area contributed by atoms with Crippen molar-refractivity contribution in [2.24, 2.45) is 0 Å². The summed E-state index contributed by atoms with van der Waals surface area (Å²) >= 11 is 20.7. The van der Waals surface area contributed by atoms with Gasteiger partial charge in [0, 0.05) is 185 Å². The van der Waals surface area contributed by atoms with Crippen molar-refractivity contribution in [2.75, 3.05) is 72.5 Å². The Morgan fingerprint density at radius 2 is 0.835 bits per heavy atom. The summed E-state index contributed by atoms with van der Waals surface area (Å²) in [5.41, 5.74) is 16.5. The van der Waals surface area contributed by atoms with Gasteiger partial charge < -0.3 is 55.8 Å². The number of rotatable bonds is 10. The Bertz CT molecular complexity index is 5330. The molecule has 6 aliphatic heterocycles. The van der Waals surface area contributed by atoms with Gasteiger partial charge >= 0.3 is 36.3 Å². The number of alkyl halides is 3. The van der Waals surface area contributed by atoms with Gasteiger partial charge in [0.1, 0.15) is 5.41 Å². The van der Waals surface area contributed by atoms with Crippen LogP contribution in [0.3, 0.4) is 0 Å². The maximum atomic E-state index is 14.0. The van der Waals surface area contributed by atoms with Gasteiger partial charge in [-0.2, -0.15) is 38.7 Å². The van der Waals surface area contributed by atoms with E-state index in [1.165, 1.54) is 79.1 Å². The van der Waals surface area contributed by atoms with Crippen molar-refractivity contribution in [3.05, 3.63) is 225 Å². The molecule has 121 heavy (non-hydrogen) atoms. The number of benzene rings is 4. The lowest BCUT2D eigenvalue weighted by Crippen LogP contribution is -2.40. The molecule has 10 aliphatic rings. The van der Waals surface area contributed by atoms with Crippen molar-refractivity contribution < 1.29 is 50.7 Å². The molecule has 636 valence electrons. The van der Waals surface area contributed by atoms with Crippen LogP contribution in [0.25, 0.3) is 0 Å². The summed E-state index contributed by atoms with van der Waals surface area (Å²) in [6.07, 6.45) is 12.6. The molecule has 4 saturated carbocycles. The SMILES string of the molecule is Cc1cccc(NC(=O)N2CCc3[nH]nc(C4CCC4)c3C2)c1.O=C(Nc1cccc(Br)c1F)N1CCc2[nH]nc(C3CCC3)c2C1.O=C(Nc1cccc(Cl)c1)N1CCc2[nH]nc(C3(C(F)(F)F)CC3)c2C1.O=C(Nc1cccc(Cl)c1)N1CCc2[nH]nc(C3CCOC3)c2C1.O=C(Nc1ccnc(Cl)c1F)N1CCc2[nH]nc(C3CCC3)c2C1. The molecule has 20 rings (SSSR count). The second kappa shape index (κ2) is 36.6. The molecule has 27 nitrogen and oxygen atoms in total. The molecule has 10 N–H and O–H groups in total. The van der Waals surface area contributed by atoms with E-state index in [0.717, 1.165) is 120 Å². The van der Waals surface area contributed by atoms with Crippen LogP contribution in [0, 0.1) is 18.6 Å². The molecule has 4 aromatic carbocycles. The summed E-state index contributed by atoms with van der Waals surface area (Å²) in [6.45, 7) is 8.84. The summed E-state index contributed by atoms with van der Waals surface area (Å²) in [5, 5.41) is 51.9. The van der Waals surface area contributed by atoms with E-state index in [-0.39, 0.29) is 71.8 Å². The van der Waals surface area contributed by atoms with Crippen LogP contribution in [0.15, 0.2) is 108 Å². The zero-order valence-electron chi connectivity index (χ0n) is 66.4. The fraction of sp³-hybridized carbons (Fsp3) is 0.424. The number of pyridine rings is 1. The number of fused-ring (bicyclic) bond motifs is 5. The minimum Gasteiger partial charge on any atom is -0.381 e. The van der Waals surface area contributed by atoms with Gasteiger partial charge in [-0.25, -0.2) is 37.7 Å². The molecular formula is C85H92BrCl3F5N21O6. The molecule has 10 aromatic rings. The largest absolute Gasteiger partial charge is 0.400 e. The summed E-state index contributed by atoms with van der Waals surface area (Å²) in [4.78, 5) is 74.9. The number of nitrogens with zero attached hydrogens (tertiary/aromatic N) is 11. The molecular weight excluding hydrogens is 1690 g/mol. The molecule has 6 aromatic heterocycles. The first kappa shape index (κ1) is 84.0. The fourth-order valence-electron chi connectivity index (χ4n) is 16.7. The maximum absolute atomic E-state index is 14.0. The topological polar surface area (TPSA) is 327 Å². The summed E-state index contributed by atoms with van der Waals surface area (Å²) in [6, 6.07) is 26.9. The van der Waals surface area contributed by atoms with E-state index < -0.39 is 23.2 Å². The van der Waals surface area contributed by atoms with Crippen LogP contribution >= 0.6 is 50.7 Å². The van der Waals surface area contributed by atoms with Crippen LogP contribution in [0.5, 0.6) is 0 Å². The number of halogens is 9. The number of aromatic amines is 5. The first-order chi connectivity index (χ1) is 58.5. The number of aromatic nitrogens is 11. The average molecular weight is 1790 g/mol. The van der Waals surface area contributed by atoms with Crippen molar-refractivity contribution in [1.29, 1.82) is 0 Å². The summed E-state index contributed by atoms with van der Waals surface area (Å²) in [5.74, 6) is 0.779. The van der Waals surface area contributed by atoms with E-state index in [4.69, 9.17) is 39.5 Å². The van der Waals surface area contributed by atoms with Crippen LogP contribution in [0.2, 0.25) is 15.2 Å². The highest BCUT2D eigenvalue weighted by molar-refractivity contribution is 9.10. The van der Waals surface area contributed by atoms with Crippen LogP contribution < -0.4 is 26.6 Å². The lowest BCUT2D eigenvalue weighted by molar-refractivity contribution is -0.161. The molecule has 0 spiro atoms. The lowest BCUT2D eigenvalue weighted by atomic mass is 9.81. The number of hydrogen-bond donors (Lipinski definition) is 10. The predicted octanol–water partition coefficient (Wildman–Crippen LogP) is 18.6. The molecule has 5 fully saturated rings. The highest BCUT2D eigenvalue weighted by atomic mass is 79.9. The Balaban J connectivity index is 0.000000112. The summed E-state index contributed by atoms with van der Waals surface area (Å²) in [7, 11) is 0. The minimum absolute atomic E-state index is 0.0259. The predicted molar refractivity (Wildman–Crippen MR) is 451 cm³/mol. The molecule has 12 heterocycles. The number of amides is 10. The Hall–Kier alpha value is -10.6. The Morgan fingerprint density at radius 3 is 1.21 bits per heavy atom. The second-order valence-corrected chi connectivity index (χ2v) is 34.4. The molecule has 1 saturated heterocycles. The molecule has 36 heteroatoms. The molecule has 0 bridgehead atoms. The number of aryl methyl sites for hydroxylation is 1. The number of ether oxygens (including phenoxy) is 1. The first-order valence-corrected chi connectivity index (χ1v) is 43.0. The quantitative estimate of drug-likeness (QED) is 0.0451. The number of urea groups is 5.